The molecule has 0 atom stereocenters. The van der Waals surface area contributed by atoms with Crippen LogP contribution in [0.15, 0.2) is 46.8 Å². The van der Waals surface area contributed by atoms with E-state index in [4.69, 9.17) is 0 Å². The molecule has 6 heteroatoms. The molecule has 0 aliphatic rings. The number of carbonyl (C=O) groups excluding carboxylic acids is 1. The zero-order valence-electron chi connectivity index (χ0n) is 16.9. The van der Waals surface area contributed by atoms with Gasteiger partial charge < -0.3 is 4.90 Å². The highest BCUT2D eigenvalue weighted by Gasteiger charge is 2.19. The quantitative estimate of drug-likeness (QED) is 0.598. The summed E-state index contributed by atoms with van der Waals surface area (Å²) < 4.78 is 1.44. The van der Waals surface area contributed by atoms with E-state index < -0.39 is 0 Å². The minimum absolute atomic E-state index is 0.0191. The Morgan fingerprint density at radius 3 is 2.36 bits per heavy atom. The van der Waals surface area contributed by atoms with E-state index in [9.17, 15) is 9.59 Å². The van der Waals surface area contributed by atoms with Gasteiger partial charge in [-0.1, -0.05) is 58.0 Å². The van der Waals surface area contributed by atoms with Crippen LogP contribution in [0, 0.1) is 11.8 Å². The van der Waals surface area contributed by atoms with Gasteiger partial charge in [0.1, 0.15) is 11.4 Å². The topological polar surface area (TPSA) is 55.2 Å². The van der Waals surface area contributed by atoms with Gasteiger partial charge in [-0.2, -0.15) is 0 Å². The van der Waals surface area contributed by atoms with Crippen molar-refractivity contribution in [3.05, 3.63) is 52.4 Å². The zero-order valence-corrected chi connectivity index (χ0v) is 17.7. The third-order valence-corrected chi connectivity index (χ3v) is 5.36. The number of aromatic nitrogens is 2. The molecule has 5 nitrogen and oxygen atoms in total. The summed E-state index contributed by atoms with van der Waals surface area (Å²) in [5.74, 6) is 0.713. The Balaban J connectivity index is 1.94. The lowest BCUT2D eigenvalue weighted by molar-refractivity contribution is -0.133. The van der Waals surface area contributed by atoms with Gasteiger partial charge >= 0.3 is 0 Å². The molecule has 1 amide bonds. The molecular formula is C22H27N3O2S. The summed E-state index contributed by atoms with van der Waals surface area (Å²) in [7, 11) is 0. The first-order valence-corrected chi connectivity index (χ1v) is 10.5. The fraction of sp³-hybridized carbons (Fsp3) is 0.409. The number of hydrogen-bond acceptors (Lipinski definition) is 4. The van der Waals surface area contributed by atoms with Crippen LogP contribution in [-0.2, 0) is 11.3 Å². The number of nitrogens with zero attached hydrogens (tertiary/aromatic N) is 3. The van der Waals surface area contributed by atoms with Gasteiger partial charge in [0.25, 0.3) is 5.56 Å². The first-order chi connectivity index (χ1) is 13.4. The number of hydrogen-bond donors (Lipinski definition) is 0. The Hall–Kier alpha value is -2.47. The van der Waals surface area contributed by atoms with Gasteiger partial charge in [-0.3, -0.25) is 14.2 Å². The fourth-order valence-corrected chi connectivity index (χ4v) is 4.22. The summed E-state index contributed by atoms with van der Waals surface area (Å²) in [6, 6.07) is 9.82. The van der Waals surface area contributed by atoms with E-state index in [1.165, 1.54) is 22.2 Å². The van der Waals surface area contributed by atoms with Crippen LogP contribution in [0.1, 0.15) is 27.7 Å². The third kappa shape index (κ3) is 4.50. The fourth-order valence-electron chi connectivity index (χ4n) is 3.32. The Bertz CT molecular complexity index is 996. The summed E-state index contributed by atoms with van der Waals surface area (Å²) in [6.45, 7) is 9.78. The SMILES string of the molecule is CC(C)CN(CC(C)C)C(=O)Cn1cnc2scc(-c3ccccc3)c2c1=O. The molecule has 0 saturated heterocycles. The molecule has 3 aromatic rings. The standard InChI is InChI=1S/C22H27N3O2S/c1-15(2)10-24(11-16(3)4)19(26)12-25-14-23-21-20(22(25)27)18(13-28-21)17-8-6-5-7-9-17/h5-9,13-16H,10-12H2,1-4H3. The Morgan fingerprint density at radius 1 is 1.11 bits per heavy atom. The van der Waals surface area contributed by atoms with Crippen LogP contribution < -0.4 is 5.56 Å². The molecule has 0 aliphatic carbocycles. The molecule has 0 unspecified atom stereocenters. The van der Waals surface area contributed by atoms with E-state index in [1.54, 1.807) is 0 Å². The second-order valence-electron chi connectivity index (χ2n) is 7.96. The molecule has 0 radical (unpaired) electrons. The molecule has 0 saturated carbocycles. The molecule has 0 bridgehead atoms. The average Bonchev–Trinajstić information content (AvgIpc) is 3.08. The predicted octanol–water partition coefficient (Wildman–Crippen LogP) is 4.27. The van der Waals surface area contributed by atoms with Crippen LogP contribution in [0.5, 0.6) is 0 Å². The smallest absolute Gasteiger partial charge is 0.263 e. The summed E-state index contributed by atoms with van der Waals surface area (Å²) in [4.78, 5) is 33.0. The molecule has 0 N–H and O–H groups in total. The summed E-state index contributed by atoms with van der Waals surface area (Å²) in [5, 5.41) is 2.55. The second-order valence-corrected chi connectivity index (χ2v) is 8.82. The average molecular weight is 398 g/mol. The van der Waals surface area contributed by atoms with Crippen LogP contribution in [0.2, 0.25) is 0 Å². The van der Waals surface area contributed by atoms with E-state index in [1.807, 2.05) is 40.6 Å². The van der Waals surface area contributed by atoms with E-state index in [0.717, 1.165) is 11.1 Å². The second kappa shape index (κ2) is 8.69. The number of fused-ring (bicyclic) bond motifs is 1. The van der Waals surface area contributed by atoms with Crippen molar-refractivity contribution in [1.82, 2.24) is 14.5 Å². The van der Waals surface area contributed by atoms with Crippen LogP contribution in [0.3, 0.4) is 0 Å². The maximum atomic E-state index is 13.1. The maximum Gasteiger partial charge on any atom is 0.263 e. The summed E-state index contributed by atoms with van der Waals surface area (Å²) in [5.41, 5.74) is 1.70. The molecule has 0 spiro atoms. The molecule has 1 aromatic carbocycles. The lowest BCUT2D eigenvalue weighted by atomic mass is 10.1. The van der Waals surface area contributed by atoms with Crippen molar-refractivity contribution in [1.29, 1.82) is 0 Å². The van der Waals surface area contributed by atoms with Crippen molar-refractivity contribution in [2.45, 2.75) is 34.2 Å². The van der Waals surface area contributed by atoms with Crippen LogP contribution in [0.4, 0.5) is 0 Å². The highest BCUT2D eigenvalue weighted by atomic mass is 32.1. The van der Waals surface area contributed by atoms with Gasteiger partial charge in [0.15, 0.2) is 0 Å². The van der Waals surface area contributed by atoms with Crippen molar-refractivity contribution in [3.63, 3.8) is 0 Å². The largest absolute Gasteiger partial charge is 0.341 e. The summed E-state index contributed by atoms with van der Waals surface area (Å²) >= 11 is 1.45. The van der Waals surface area contributed by atoms with Gasteiger partial charge in [0.2, 0.25) is 5.91 Å². The van der Waals surface area contributed by atoms with Crippen molar-refractivity contribution in [3.8, 4) is 11.1 Å². The lowest BCUT2D eigenvalue weighted by Gasteiger charge is -2.26. The Morgan fingerprint density at radius 2 is 1.75 bits per heavy atom. The Kier molecular flexibility index (Phi) is 6.29. The lowest BCUT2D eigenvalue weighted by Crippen LogP contribution is -2.40. The molecule has 2 heterocycles. The van der Waals surface area contributed by atoms with Crippen LogP contribution in [-0.4, -0.2) is 33.4 Å². The molecule has 0 aliphatic heterocycles. The number of rotatable bonds is 7. The van der Waals surface area contributed by atoms with Gasteiger partial charge in [0.05, 0.1) is 11.7 Å². The molecule has 148 valence electrons. The van der Waals surface area contributed by atoms with Gasteiger partial charge in [-0.05, 0) is 17.4 Å². The maximum absolute atomic E-state index is 13.1. The van der Waals surface area contributed by atoms with Gasteiger partial charge in [-0.15, -0.1) is 11.3 Å². The highest BCUT2D eigenvalue weighted by molar-refractivity contribution is 7.17. The molecule has 2 aromatic heterocycles. The number of benzene rings is 1. The zero-order chi connectivity index (χ0) is 20.3. The molecule has 0 fully saturated rings. The number of amides is 1. The van der Waals surface area contributed by atoms with Crippen molar-refractivity contribution in [2.75, 3.05) is 13.1 Å². The Labute approximate surface area is 169 Å². The molecule has 3 rings (SSSR count). The van der Waals surface area contributed by atoms with E-state index >= 15 is 0 Å². The van der Waals surface area contributed by atoms with Crippen molar-refractivity contribution < 1.29 is 4.79 Å². The van der Waals surface area contributed by atoms with Crippen molar-refractivity contribution in [2.24, 2.45) is 11.8 Å². The van der Waals surface area contributed by atoms with Crippen molar-refractivity contribution >= 4 is 27.5 Å². The number of carbonyl (C=O) groups is 1. The van der Waals surface area contributed by atoms with E-state index in [-0.39, 0.29) is 18.0 Å². The van der Waals surface area contributed by atoms with Gasteiger partial charge in [0, 0.05) is 24.0 Å². The normalized spacial score (nSPS) is 11.5. The minimum Gasteiger partial charge on any atom is -0.341 e. The van der Waals surface area contributed by atoms with Crippen LogP contribution >= 0.6 is 11.3 Å². The molecule has 28 heavy (non-hydrogen) atoms. The van der Waals surface area contributed by atoms with E-state index in [0.29, 0.717) is 35.1 Å². The summed E-state index contributed by atoms with van der Waals surface area (Å²) in [6.07, 6.45) is 1.50. The number of thiophene rings is 1. The highest BCUT2D eigenvalue weighted by Crippen LogP contribution is 2.30. The monoisotopic (exact) mass is 397 g/mol. The molecular weight excluding hydrogens is 370 g/mol. The first-order valence-electron chi connectivity index (χ1n) is 9.66. The van der Waals surface area contributed by atoms with Gasteiger partial charge in [-0.25, -0.2) is 4.98 Å². The van der Waals surface area contributed by atoms with Crippen LogP contribution in [0.25, 0.3) is 21.3 Å². The minimum atomic E-state index is -0.160. The first kappa shape index (κ1) is 20.3. The third-order valence-electron chi connectivity index (χ3n) is 4.47. The predicted molar refractivity (Wildman–Crippen MR) is 116 cm³/mol. The van der Waals surface area contributed by atoms with E-state index in [2.05, 4.69) is 32.7 Å².